The zero-order chi connectivity index (χ0) is 28.3. The Morgan fingerprint density at radius 1 is 0.927 bits per heavy atom. The lowest BCUT2D eigenvalue weighted by molar-refractivity contribution is -0.146. The van der Waals surface area contributed by atoms with Crippen molar-refractivity contribution in [1.82, 2.24) is 24.4 Å². The maximum Gasteiger partial charge on any atom is 0.321 e. The molecule has 3 N–H and O–H groups in total. The number of esters is 1. The zero-order valence-electron chi connectivity index (χ0n) is 22.5. The molecule has 4 heterocycles. The van der Waals surface area contributed by atoms with Crippen molar-refractivity contribution in [1.29, 1.82) is 0 Å². The Morgan fingerprint density at radius 3 is 2.39 bits per heavy atom. The summed E-state index contributed by atoms with van der Waals surface area (Å²) in [4.78, 5) is 40.6. The van der Waals surface area contributed by atoms with E-state index in [0.29, 0.717) is 54.5 Å². The predicted octanol–water partition coefficient (Wildman–Crippen LogP) is 5.15. The summed E-state index contributed by atoms with van der Waals surface area (Å²) in [6, 6.07) is 24.9. The minimum absolute atomic E-state index is 0.160. The van der Waals surface area contributed by atoms with Crippen LogP contribution in [0.5, 0.6) is 0 Å². The number of likely N-dealkylation sites (tertiary alicyclic amines) is 1. The highest BCUT2D eigenvalue weighted by Gasteiger charge is 2.28. The molecule has 41 heavy (non-hydrogen) atoms. The van der Waals surface area contributed by atoms with Crippen LogP contribution in [-0.4, -0.2) is 56.6 Å². The number of piperidine rings is 1. The van der Waals surface area contributed by atoms with Gasteiger partial charge in [0.15, 0.2) is 11.5 Å². The molecule has 0 spiro atoms. The summed E-state index contributed by atoms with van der Waals surface area (Å²) in [5, 5.41) is 2.97. The van der Waals surface area contributed by atoms with Crippen LogP contribution < -0.4 is 11.1 Å². The Morgan fingerprint density at radius 2 is 1.68 bits per heavy atom. The van der Waals surface area contributed by atoms with Gasteiger partial charge in [0, 0.05) is 36.2 Å². The molecule has 206 valence electrons. The van der Waals surface area contributed by atoms with E-state index in [9.17, 15) is 9.59 Å². The molecule has 5 aromatic rings. The highest BCUT2D eigenvalue weighted by atomic mass is 16.5. The normalized spacial score (nSPS) is 13.7. The first kappa shape index (κ1) is 26.0. The lowest BCUT2D eigenvalue weighted by Gasteiger charge is -2.30. The Labute approximate surface area is 236 Å². The summed E-state index contributed by atoms with van der Waals surface area (Å²) in [5.74, 6) is 0.610. The minimum atomic E-state index is -0.217. The highest BCUT2D eigenvalue weighted by Crippen LogP contribution is 2.32. The first-order chi connectivity index (χ1) is 20.0. The van der Waals surface area contributed by atoms with Crippen LogP contribution in [0.1, 0.15) is 12.8 Å². The van der Waals surface area contributed by atoms with Crippen molar-refractivity contribution in [3.63, 3.8) is 0 Å². The van der Waals surface area contributed by atoms with Gasteiger partial charge in [-0.3, -0.25) is 9.36 Å². The van der Waals surface area contributed by atoms with E-state index in [1.807, 2.05) is 83.4 Å². The molecule has 0 radical (unpaired) electrons. The van der Waals surface area contributed by atoms with E-state index < -0.39 is 0 Å². The molecule has 0 saturated carbocycles. The number of aromatic nitrogens is 4. The van der Waals surface area contributed by atoms with E-state index in [1.165, 1.54) is 7.11 Å². The monoisotopic (exact) mass is 547 g/mol. The van der Waals surface area contributed by atoms with Crippen LogP contribution in [0.25, 0.3) is 39.5 Å². The fraction of sp³-hybridized carbons (Fsp3) is 0.194. The first-order valence-corrected chi connectivity index (χ1v) is 13.4. The van der Waals surface area contributed by atoms with Crippen LogP contribution in [0.3, 0.4) is 0 Å². The van der Waals surface area contributed by atoms with Crippen LogP contribution in [0.15, 0.2) is 85.1 Å². The maximum absolute atomic E-state index is 12.9. The quantitative estimate of drug-likeness (QED) is 0.291. The molecule has 1 saturated heterocycles. The second-order valence-corrected chi connectivity index (χ2v) is 9.87. The molecule has 1 fully saturated rings. The van der Waals surface area contributed by atoms with Gasteiger partial charge in [-0.15, -0.1) is 0 Å². The van der Waals surface area contributed by atoms with E-state index in [2.05, 4.69) is 10.3 Å². The molecule has 0 aliphatic carbocycles. The van der Waals surface area contributed by atoms with Crippen molar-refractivity contribution in [2.24, 2.45) is 5.92 Å². The number of nitrogen functional groups attached to an aromatic ring is 1. The van der Waals surface area contributed by atoms with Crippen LogP contribution in [0.4, 0.5) is 16.3 Å². The lowest BCUT2D eigenvalue weighted by Crippen LogP contribution is -2.42. The number of pyridine rings is 2. The molecular weight excluding hydrogens is 518 g/mol. The van der Waals surface area contributed by atoms with E-state index in [1.54, 1.807) is 11.1 Å². The van der Waals surface area contributed by atoms with Crippen molar-refractivity contribution in [3.05, 3.63) is 85.1 Å². The summed E-state index contributed by atoms with van der Waals surface area (Å²) >= 11 is 0. The lowest BCUT2D eigenvalue weighted by atomic mass is 9.97. The highest BCUT2D eigenvalue weighted by molar-refractivity contribution is 5.90. The number of nitrogens with two attached hydrogens (primary N) is 1. The molecule has 0 unspecified atom stereocenters. The molecule has 2 aromatic carbocycles. The molecule has 10 heteroatoms. The van der Waals surface area contributed by atoms with Crippen molar-refractivity contribution in [2.45, 2.75) is 12.8 Å². The minimum Gasteiger partial charge on any atom is -0.469 e. The van der Waals surface area contributed by atoms with Gasteiger partial charge >= 0.3 is 12.0 Å². The number of benzene rings is 2. The van der Waals surface area contributed by atoms with Crippen LogP contribution >= 0.6 is 0 Å². The van der Waals surface area contributed by atoms with Gasteiger partial charge in [-0.1, -0.05) is 30.3 Å². The molecule has 10 nitrogen and oxygen atoms in total. The van der Waals surface area contributed by atoms with Gasteiger partial charge in [-0.05, 0) is 61.4 Å². The third kappa shape index (κ3) is 5.19. The van der Waals surface area contributed by atoms with Crippen molar-refractivity contribution in [3.8, 4) is 28.3 Å². The number of nitrogens with zero attached hydrogens (tertiary/aromatic N) is 5. The maximum atomic E-state index is 12.9. The molecule has 2 amide bonds. The van der Waals surface area contributed by atoms with Gasteiger partial charge in [-0.2, -0.15) is 0 Å². The van der Waals surface area contributed by atoms with Gasteiger partial charge in [0.25, 0.3) is 0 Å². The third-order valence-electron chi connectivity index (χ3n) is 7.35. The second kappa shape index (κ2) is 11.1. The number of ether oxygens (including phenoxy) is 1. The largest absolute Gasteiger partial charge is 0.469 e. The average Bonchev–Trinajstić information content (AvgIpc) is 3.40. The number of rotatable bonds is 5. The molecule has 1 aliphatic heterocycles. The van der Waals surface area contributed by atoms with Gasteiger partial charge < -0.3 is 20.7 Å². The summed E-state index contributed by atoms with van der Waals surface area (Å²) in [6.45, 7) is 0.992. The van der Waals surface area contributed by atoms with Crippen LogP contribution in [-0.2, 0) is 9.53 Å². The van der Waals surface area contributed by atoms with Crippen LogP contribution in [0, 0.1) is 5.92 Å². The van der Waals surface area contributed by atoms with E-state index >= 15 is 0 Å². The number of methoxy groups -OCH3 is 1. The number of fused-ring (bicyclic) bond motifs is 1. The second-order valence-electron chi connectivity index (χ2n) is 9.87. The van der Waals surface area contributed by atoms with E-state index in [4.69, 9.17) is 20.4 Å². The van der Waals surface area contributed by atoms with Crippen molar-refractivity contribution < 1.29 is 14.3 Å². The summed E-state index contributed by atoms with van der Waals surface area (Å²) in [5.41, 5.74) is 11.6. The Kier molecular flexibility index (Phi) is 7.03. The smallest absolute Gasteiger partial charge is 0.321 e. The van der Waals surface area contributed by atoms with E-state index in [0.717, 1.165) is 22.5 Å². The van der Waals surface area contributed by atoms with Crippen LogP contribution in [0.2, 0.25) is 0 Å². The molecular formula is C31H29N7O3. The third-order valence-corrected chi connectivity index (χ3v) is 7.35. The molecule has 0 bridgehead atoms. The molecule has 6 rings (SSSR count). The summed E-state index contributed by atoms with van der Waals surface area (Å²) in [6.07, 6.45) is 2.82. The standard InChI is InChI=1S/C31H29N7O3/c1-41-30(39)21-15-18-37(19-16-21)31(40)34-22-9-11-23(12-10-22)38-28(24-8-5-17-33-27(24)32)36-26-14-13-25(35-29(26)38)20-6-3-2-4-7-20/h2-14,17,21H,15-16,18-19H2,1H3,(H2,32,33)(H,34,40). The van der Waals surface area contributed by atoms with Gasteiger partial charge in [0.1, 0.15) is 11.3 Å². The number of imidazole rings is 1. The first-order valence-electron chi connectivity index (χ1n) is 13.4. The Hall–Kier alpha value is -5.25. The Bertz CT molecular complexity index is 1710. The number of amides is 2. The number of urea groups is 1. The molecule has 0 atom stereocenters. The summed E-state index contributed by atoms with van der Waals surface area (Å²) in [7, 11) is 1.39. The van der Waals surface area contributed by atoms with E-state index in [-0.39, 0.29) is 17.9 Å². The number of carbonyl (C=O) groups is 2. The predicted molar refractivity (Wildman–Crippen MR) is 157 cm³/mol. The topological polar surface area (TPSA) is 128 Å². The molecule has 3 aromatic heterocycles. The SMILES string of the molecule is COC(=O)C1CCN(C(=O)Nc2ccc(-n3c(-c4cccnc4N)nc4ccc(-c5ccccc5)nc43)cc2)CC1. The molecule has 1 aliphatic rings. The van der Waals surface area contributed by atoms with Crippen molar-refractivity contribution >= 4 is 34.7 Å². The number of hydrogen-bond donors (Lipinski definition) is 2. The number of hydrogen-bond acceptors (Lipinski definition) is 7. The fourth-order valence-corrected chi connectivity index (χ4v) is 5.14. The fourth-order valence-electron chi connectivity index (χ4n) is 5.14. The summed E-state index contributed by atoms with van der Waals surface area (Å²) < 4.78 is 6.80. The van der Waals surface area contributed by atoms with Gasteiger partial charge in [0.2, 0.25) is 0 Å². The number of carbonyl (C=O) groups excluding carboxylic acids is 2. The van der Waals surface area contributed by atoms with Gasteiger partial charge in [-0.25, -0.2) is 19.7 Å². The van der Waals surface area contributed by atoms with Gasteiger partial charge in [0.05, 0.1) is 24.3 Å². The number of anilines is 2. The Balaban J connectivity index is 1.31. The van der Waals surface area contributed by atoms with Crippen molar-refractivity contribution in [2.75, 3.05) is 31.2 Å². The average molecular weight is 548 g/mol. The number of nitrogens with one attached hydrogen (secondary N) is 1. The zero-order valence-corrected chi connectivity index (χ0v) is 22.5.